The predicted octanol–water partition coefficient (Wildman–Crippen LogP) is 2.01. The second kappa shape index (κ2) is 3.87. The fourth-order valence-corrected chi connectivity index (χ4v) is 1.30. The van der Waals surface area contributed by atoms with Crippen molar-refractivity contribution in [2.75, 3.05) is 7.05 Å². The van der Waals surface area contributed by atoms with Gasteiger partial charge in [0.1, 0.15) is 11.6 Å². The maximum Gasteiger partial charge on any atom is 0.145 e. The second-order valence-electron chi connectivity index (χ2n) is 2.39. The Kier molecular flexibility index (Phi) is 3.05. The quantitative estimate of drug-likeness (QED) is 0.820. The van der Waals surface area contributed by atoms with Crippen LogP contribution < -0.4 is 5.32 Å². The highest BCUT2D eigenvalue weighted by atomic mass is 79.9. The second-order valence-corrected chi connectivity index (χ2v) is 3.24. The molecule has 0 amide bonds. The minimum Gasteiger partial charge on any atom is -0.508 e. The normalized spacial score (nSPS) is 10.2. The minimum absolute atomic E-state index is 0.0231. The molecule has 1 aromatic carbocycles. The highest BCUT2D eigenvalue weighted by Gasteiger charge is 2.09. The summed E-state index contributed by atoms with van der Waals surface area (Å²) in [6.45, 7) is 0.317. The Balaban J connectivity index is 3.14. The molecule has 0 unspecified atom stereocenters. The highest BCUT2D eigenvalue weighted by Crippen LogP contribution is 2.26. The van der Waals surface area contributed by atoms with Gasteiger partial charge >= 0.3 is 0 Å². The molecular weight excluding hydrogens is 225 g/mol. The topological polar surface area (TPSA) is 32.3 Å². The molecule has 0 fully saturated rings. The van der Waals surface area contributed by atoms with Crippen LogP contribution in [0.25, 0.3) is 0 Å². The van der Waals surface area contributed by atoms with Crippen molar-refractivity contribution in [1.82, 2.24) is 5.32 Å². The lowest BCUT2D eigenvalue weighted by Crippen LogP contribution is -2.07. The molecule has 0 aromatic heterocycles. The van der Waals surface area contributed by atoms with Crippen LogP contribution in [-0.4, -0.2) is 12.2 Å². The lowest BCUT2D eigenvalue weighted by atomic mass is 10.2. The average molecular weight is 234 g/mol. The van der Waals surface area contributed by atoms with Gasteiger partial charge in [0, 0.05) is 12.1 Å². The zero-order valence-corrected chi connectivity index (χ0v) is 8.15. The van der Waals surface area contributed by atoms with E-state index in [2.05, 4.69) is 21.2 Å². The lowest BCUT2D eigenvalue weighted by Gasteiger charge is -2.05. The van der Waals surface area contributed by atoms with Gasteiger partial charge in [-0.25, -0.2) is 4.39 Å². The number of aromatic hydroxyl groups is 1. The van der Waals surface area contributed by atoms with Crippen molar-refractivity contribution in [1.29, 1.82) is 0 Å². The largest absolute Gasteiger partial charge is 0.508 e. The molecule has 0 aliphatic carbocycles. The third-order valence-corrected chi connectivity index (χ3v) is 2.14. The van der Waals surface area contributed by atoms with Gasteiger partial charge in [-0.3, -0.25) is 0 Å². The van der Waals surface area contributed by atoms with Gasteiger partial charge in [-0.2, -0.15) is 0 Å². The van der Waals surface area contributed by atoms with E-state index in [4.69, 9.17) is 0 Å². The van der Waals surface area contributed by atoms with Crippen LogP contribution in [-0.2, 0) is 6.54 Å². The molecule has 0 aliphatic rings. The number of hydrogen-bond acceptors (Lipinski definition) is 2. The third kappa shape index (κ3) is 1.76. The number of halogens is 2. The lowest BCUT2D eigenvalue weighted by molar-refractivity contribution is 0.455. The number of phenolic OH excluding ortho intramolecular Hbond substituents is 1. The van der Waals surface area contributed by atoms with Gasteiger partial charge in [-0.1, -0.05) is 0 Å². The van der Waals surface area contributed by atoms with Crippen LogP contribution in [0.4, 0.5) is 4.39 Å². The monoisotopic (exact) mass is 233 g/mol. The zero-order valence-electron chi connectivity index (χ0n) is 6.56. The molecule has 0 spiro atoms. The summed E-state index contributed by atoms with van der Waals surface area (Å²) >= 11 is 3.04. The van der Waals surface area contributed by atoms with Crippen molar-refractivity contribution >= 4 is 15.9 Å². The van der Waals surface area contributed by atoms with Crippen molar-refractivity contribution in [3.63, 3.8) is 0 Å². The van der Waals surface area contributed by atoms with E-state index in [0.29, 0.717) is 11.0 Å². The molecule has 2 N–H and O–H groups in total. The number of benzene rings is 1. The summed E-state index contributed by atoms with van der Waals surface area (Å²) in [5.74, 6) is -0.436. The molecule has 4 heteroatoms. The van der Waals surface area contributed by atoms with E-state index >= 15 is 0 Å². The van der Waals surface area contributed by atoms with E-state index < -0.39 is 5.82 Å². The highest BCUT2D eigenvalue weighted by molar-refractivity contribution is 9.10. The van der Waals surface area contributed by atoms with Crippen LogP contribution in [0.3, 0.4) is 0 Å². The van der Waals surface area contributed by atoms with Gasteiger partial charge < -0.3 is 10.4 Å². The molecule has 12 heavy (non-hydrogen) atoms. The Morgan fingerprint density at radius 1 is 1.58 bits per heavy atom. The van der Waals surface area contributed by atoms with E-state index in [0.717, 1.165) is 0 Å². The fourth-order valence-electron chi connectivity index (χ4n) is 0.927. The summed E-state index contributed by atoms with van der Waals surface area (Å²) < 4.78 is 13.6. The van der Waals surface area contributed by atoms with Crippen LogP contribution in [0.5, 0.6) is 5.75 Å². The van der Waals surface area contributed by atoms with Crippen LogP contribution >= 0.6 is 15.9 Å². The standard InChI is InChI=1S/C8H9BrFNO/c1-11-4-5-7(12)3-2-6(9)8(5)10/h2-3,11-12H,4H2,1H3. The Morgan fingerprint density at radius 2 is 2.25 bits per heavy atom. The Labute approximate surface area is 78.5 Å². The Bertz CT molecular complexity index is 291. The first-order chi connectivity index (χ1) is 5.66. The summed E-state index contributed by atoms with van der Waals surface area (Å²) in [6.07, 6.45) is 0. The number of phenols is 1. The van der Waals surface area contributed by atoms with Crippen molar-refractivity contribution in [2.45, 2.75) is 6.54 Å². The molecule has 1 rings (SSSR count). The Hall–Kier alpha value is -0.610. The van der Waals surface area contributed by atoms with Crippen LogP contribution in [0.2, 0.25) is 0 Å². The van der Waals surface area contributed by atoms with Gasteiger partial charge in [-0.05, 0) is 35.1 Å². The summed E-state index contributed by atoms with van der Waals surface area (Å²) in [5, 5.41) is 12.0. The molecule has 0 saturated heterocycles. The van der Waals surface area contributed by atoms with Crippen molar-refractivity contribution in [2.24, 2.45) is 0 Å². The molecule has 2 nitrogen and oxygen atoms in total. The van der Waals surface area contributed by atoms with Crippen molar-refractivity contribution in [3.8, 4) is 5.75 Å². The first kappa shape index (κ1) is 9.48. The molecule has 0 bridgehead atoms. The molecule has 0 heterocycles. The molecular formula is C8H9BrFNO. The van der Waals surface area contributed by atoms with E-state index in [-0.39, 0.29) is 11.3 Å². The summed E-state index contributed by atoms with van der Waals surface area (Å²) in [5.41, 5.74) is 0.284. The number of nitrogens with one attached hydrogen (secondary N) is 1. The summed E-state index contributed by atoms with van der Waals surface area (Å²) in [4.78, 5) is 0. The predicted molar refractivity (Wildman–Crippen MR) is 48.5 cm³/mol. The molecule has 1 aromatic rings. The van der Waals surface area contributed by atoms with Gasteiger partial charge in [0.15, 0.2) is 0 Å². The molecule has 0 aliphatic heterocycles. The van der Waals surface area contributed by atoms with Crippen LogP contribution in [0.1, 0.15) is 5.56 Å². The van der Waals surface area contributed by atoms with E-state index in [1.807, 2.05) is 0 Å². The maximum absolute atomic E-state index is 13.2. The third-order valence-electron chi connectivity index (χ3n) is 1.52. The smallest absolute Gasteiger partial charge is 0.145 e. The van der Waals surface area contributed by atoms with Gasteiger partial charge in [-0.15, -0.1) is 0 Å². The number of rotatable bonds is 2. The Morgan fingerprint density at radius 3 is 2.83 bits per heavy atom. The minimum atomic E-state index is -0.413. The SMILES string of the molecule is CNCc1c(O)ccc(Br)c1F. The van der Waals surface area contributed by atoms with Crippen molar-refractivity contribution < 1.29 is 9.50 Å². The first-order valence-electron chi connectivity index (χ1n) is 3.47. The zero-order chi connectivity index (χ0) is 9.14. The summed E-state index contributed by atoms with van der Waals surface area (Å²) in [6, 6.07) is 2.93. The van der Waals surface area contributed by atoms with Crippen LogP contribution in [0, 0.1) is 5.82 Å². The van der Waals surface area contributed by atoms with E-state index in [1.165, 1.54) is 12.1 Å². The van der Waals surface area contributed by atoms with E-state index in [1.54, 1.807) is 7.05 Å². The van der Waals surface area contributed by atoms with Gasteiger partial charge in [0.25, 0.3) is 0 Å². The molecule has 0 atom stereocenters. The fraction of sp³-hybridized carbons (Fsp3) is 0.250. The van der Waals surface area contributed by atoms with E-state index in [9.17, 15) is 9.50 Å². The molecule has 66 valence electrons. The molecule has 0 radical (unpaired) electrons. The number of hydrogen-bond donors (Lipinski definition) is 2. The van der Waals surface area contributed by atoms with Gasteiger partial charge in [0.05, 0.1) is 4.47 Å². The first-order valence-corrected chi connectivity index (χ1v) is 4.26. The molecule has 0 saturated carbocycles. The van der Waals surface area contributed by atoms with Crippen LogP contribution in [0.15, 0.2) is 16.6 Å². The summed E-state index contributed by atoms with van der Waals surface area (Å²) in [7, 11) is 1.69. The van der Waals surface area contributed by atoms with Gasteiger partial charge in [0.2, 0.25) is 0 Å². The average Bonchev–Trinajstić information content (AvgIpc) is 2.06. The maximum atomic E-state index is 13.2. The van der Waals surface area contributed by atoms with Crippen molar-refractivity contribution in [3.05, 3.63) is 28.0 Å².